The summed E-state index contributed by atoms with van der Waals surface area (Å²) < 4.78 is 10.6. The monoisotopic (exact) mass is 211 g/mol. The largest absolute Gasteiger partial charge is 0.468 e. The van der Waals surface area contributed by atoms with Crippen LogP contribution in [0, 0.1) is 0 Å². The molecule has 0 saturated carbocycles. The van der Waals surface area contributed by atoms with Crippen molar-refractivity contribution in [1.29, 1.82) is 0 Å². The zero-order valence-corrected chi connectivity index (χ0v) is 9.02. The normalized spacial score (nSPS) is 44.1. The van der Waals surface area contributed by atoms with Gasteiger partial charge in [0, 0.05) is 12.6 Å². The number of rotatable bonds is 2. The minimum Gasteiger partial charge on any atom is -0.468 e. The van der Waals surface area contributed by atoms with Gasteiger partial charge in [-0.1, -0.05) is 0 Å². The highest BCUT2D eigenvalue weighted by molar-refractivity contribution is 5.76. The average Bonchev–Trinajstić information content (AvgIpc) is 2.77. The summed E-state index contributed by atoms with van der Waals surface area (Å²) in [6.45, 7) is 1.02. The maximum absolute atomic E-state index is 11.5. The molecule has 3 aliphatic heterocycles. The van der Waals surface area contributed by atoms with Crippen molar-refractivity contribution in [1.82, 2.24) is 4.90 Å². The van der Waals surface area contributed by atoms with Crippen LogP contribution in [-0.4, -0.2) is 48.8 Å². The van der Waals surface area contributed by atoms with Crippen LogP contribution in [0.25, 0.3) is 0 Å². The van der Waals surface area contributed by atoms with Crippen molar-refractivity contribution in [3.8, 4) is 0 Å². The molecule has 0 spiro atoms. The van der Waals surface area contributed by atoms with Crippen LogP contribution in [0.15, 0.2) is 0 Å². The lowest BCUT2D eigenvalue weighted by atomic mass is 9.89. The first kappa shape index (κ1) is 9.60. The van der Waals surface area contributed by atoms with Gasteiger partial charge >= 0.3 is 5.97 Å². The van der Waals surface area contributed by atoms with E-state index in [0.29, 0.717) is 18.2 Å². The second-order valence-electron chi connectivity index (χ2n) is 4.74. The van der Waals surface area contributed by atoms with Crippen molar-refractivity contribution in [2.45, 2.75) is 50.0 Å². The van der Waals surface area contributed by atoms with Crippen LogP contribution in [0.5, 0.6) is 0 Å². The van der Waals surface area contributed by atoms with Gasteiger partial charge in [0.05, 0.1) is 19.3 Å². The molecule has 15 heavy (non-hydrogen) atoms. The minimum atomic E-state index is -0.0796. The molecular formula is C11H17NO3. The number of likely N-dealkylation sites (tertiary alicyclic amines) is 1. The van der Waals surface area contributed by atoms with E-state index >= 15 is 0 Å². The fourth-order valence-electron chi connectivity index (χ4n) is 3.15. The van der Waals surface area contributed by atoms with Crippen molar-refractivity contribution in [3.05, 3.63) is 0 Å². The number of nitrogens with zero attached hydrogens (tertiary/aromatic N) is 1. The van der Waals surface area contributed by atoms with E-state index in [1.165, 1.54) is 20.0 Å². The molecule has 3 aliphatic rings. The number of fused-ring (bicyclic) bond motifs is 2. The number of hydrogen-bond donors (Lipinski definition) is 0. The molecule has 0 aromatic carbocycles. The summed E-state index contributed by atoms with van der Waals surface area (Å²) in [6, 6.07) is 0.476. The molecule has 4 heteroatoms. The predicted molar refractivity (Wildman–Crippen MR) is 53.4 cm³/mol. The van der Waals surface area contributed by atoms with Crippen LogP contribution in [-0.2, 0) is 14.3 Å². The summed E-state index contributed by atoms with van der Waals surface area (Å²) in [5.74, 6) is -0.0796. The fraction of sp³-hybridized carbons (Fsp3) is 0.909. The standard InChI is InChI=1S/C11H17NO3/c1-14-11(13)8-4-5-12(8)9-6-7-2-3-10(9)15-7/h7-10H,2-6H2,1H3. The summed E-state index contributed by atoms with van der Waals surface area (Å²) in [4.78, 5) is 13.7. The molecule has 0 amide bonds. The maximum Gasteiger partial charge on any atom is 0.323 e. The zero-order valence-electron chi connectivity index (χ0n) is 9.02. The molecule has 0 aliphatic carbocycles. The fourth-order valence-corrected chi connectivity index (χ4v) is 3.15. The molecule has 84 valence electrons. The van der Waals surface area contributed by atoms with Crippen LogP contribution in [0.4, 0.5) is 0 Å². The molecule has 3 heterocycles. The Morgan fingerprint density at radius 3 is 2.73 bits per heavy atom. The van der Waals surface area contributed by atoms with Crippen molar-refractivity contribution < 1.29 is 14.3 Å². The van der Waals surface area contributed by atoms with Gasteiger partial charge in [0.2, 0.25) is 0 Å². The van der Waals surface area contributed by atoms with Gasteiger partial charge in [-0.15, -0.1) is 0 Å². The van der Waals surface area contributed by atoms with Gasteiger partial charge in [-0.05, 0) is 25.7 Å². The second-order valence-corrected chi connectivity index (χ2v) is 4.74. The Labute approximate surface area is 89.5 Å². The van der Waals surface area contributed by atoms with E-state index in [2.05, 4.69) is 4.90 Å². The Balaban J connectivity index is 1.66. The molecule has 4 atom stereocenters. The third kappa shape index (κ3) is 1.39. The van der Waals surface area contributed by atoms with E-state index in [0.717, 1.165) is 19.4 Å². The number of hydrogen-bond acceptors (Lipinski definition) is 4. The highest BCUT2D eigenvalue weighted by Gasteiger charge is 2.49. The minimum absolute atomic E-state index is 0.00273. The first-order valence-electron chi connectivity index (χ1n) is 5.78. The SMILES string of the molecule is COC(=O)C1CCN1C1CC2CCC1O2. The lowest BCUT2D eigenvalue weighted by Crippen LogP contribution is -2.59. The van der Waals surface area contributed by atoms with Crippen molar-refractivity contribution in [2.24, 2.45) is 0 Å². The van der Waals surface area contributed by atoms with Gasteiger partial charge in [0.25, 0.3) is 0 Å². The lowest BCUT2D eigenvalue weighted by Gasteiger charge is -2.44. The molecule has 0 radical (unpaired) electrons. The molecule has 3 saturated heterocycles. The van der Waals surface area contributed by atoms with E-state index in [1.54, 1.807) is 0 Å². The highest BCUT2D eigenvalue weighted by Crippen LogP contribution is 2.40. The zero-order chi connectivity index (χ0) is 10.4. The van der Waals surface area contributed by atoms with Crippen LogP contribution >= 0.6 is 0 Å². The summed E-state index contributed by atoms with van der Waals surface area (Å²) in [6.07, 6.45) is 5.26. The smallest absolute Gasteiger partial charge is 0.323 e. The molecular weight excluding hydrogens is 194 g/mol. The maximum atomic E-state index is 11.5. The van der Waals surface area contributed by atoms with E-state index < -0.39 is 0 Å². The third-order valence-electron chi connectivity index (χ3n) is 4.03. The topological polar surface area (TPSA) is 38.8 Å². The van der Waals surface area contributed by atoms with Crippen molar-refractivity contribution in [3.63, 3.8) is 0 Å². The van der Waals surface area contributed by atoms with Gasteiger partial charge in [-0.2, -0.15) is 0 Å². The van der Waals surface area contributed by atoms with Crippen LogP contribution in [0.3, 0.4) is 0 Å². The number of carbonyl (C=O) groups excluding carboxylic acids is 1. The predicted octanol–water partition coefficient (Wildman–Crippen LogP) is 0.554. The molecule has 3 rings (SSSR count). The molecule has 4 unspecified atom stereocenters. The molecule has 4 nitrogen and oxygen atoms in total. The Bertz CT molecular complexity index is 281. The first-order valence-corrected chi connectivity index (χ1v) is 5.78. The Morgan fingerprint density at radius 2 is 2.27 bits per heavy atom. The Hall–Kier alpha value is -0.610. The molecule has 0 aromatic heterocycles. The van der Waals surface area contributed by atoms with Gasteiger partial charge in [0.1, 0.15) is 6.04 Å². The summed E-state index contributed by atoms with van der Waals surface area (Å²) in [7, 11) is 1.47. The van der Waals surface area contributed by atoms with Crippen LogP contribution < -0.4 is 0 Å². The number of carbonyl (C=O) groups is 1. The number of ether oxygens (including phenoxy) is 2. The van der Waals surface area contributed by atoms with Crippen LogP contribution in [0.1, 0.15) is 25.7 Å². The van der Waals surface area contributed by atoms with E-state index in [1.807, 2.05) is 0 Å². The first-order chi connectivity index (χ1) is 7.29. The molecule has 3 fully saturated rings. The Kier molecular flexibility index (Phi) is 2.21. The van der Waals surface area contributed by atoms with E-state index in [4.69, 9.17) is 9.47 Å². The average molecular weight is 211 g/mol. The van der Waals surface area contributed by atoms with Gasteiger partial charge in [-0.25, -0.2) is 0 Å². The lowest BCUT2D eigenvalue weighted by molar-refractivity contribution is -0.154. The van der Waals surface area contributed by atoms with Gasteiger partial charge in [0.15, 0.2) is 0 Å². The molecule has 0 aromatic rings. The molecule has 0 N–H and O–H groups in total. The highest BCUT2D eigenvalue weighted by atomic mass is 16.5. The van der Waals surface area contributed by atoms with E-state index in [9.17, 15) is 4.79 Å². The number of esters is 1. The Morgan fingerprint density at radius 1 is 1.40 bits per heavy atom. The van der Waals surface area contributed by atoms with Gasteiger partial charge in [-0.3, -0.25) is 9.69 Å². The van der Waals surface area contributed by atoms with E-state index in [-0.39, 0.29) is 12.0 Å². The van der Waals surface area contributed by atoms with Crippen molar-refractivity contribution in [2.75, 3.05) is 13.7 Å². The second kappa shape index (κ2) is 3.46. The summed E-state index contributed by atoms with van der Waals surface area (Å²) in [5, 5.41) is 0. The summed E-state index contributed by atoms with van der Waals surface area (Å²) in [5.41, 5.74) is 0. The van der Waals surface area contributed by atoms with Crippen LogP contribution in [0.2, 0.25) is 0 Å². The van der Waals surface area contributed by atoms with Crippen molar-refractivity contribution >= 4 is 5.97 Å². The van der Waals surface area contributed by atoms with Gasteiger partial charge < -0.3 is 9.47 Å². The molecule has 2 bridgehead atoms. The quantitative estimate of drug-likeness (QED) is 0.625. The number of methoxy groups -OCH3 is 1. The third-order valence-corrected chi connectivity index (χ3v) is 4.03. The summed E-state index contributed by atoms with van der Waals surface area (Å²) >= 11 is 0.